The predicted molar refractivity (Wildman–Crippen MR) is 104 cm³/mol. The van der Waals surface area contributed by atoms with Gasteiger partial charge in [0.25, 0.3) is 0 Å². The Balaban J connectivity index is 1.73. The molecule has 120 valence electrons. The van der Waals surface area contributed by atoms with Crippen molar-refractivity contribution in [2.24, 2.45) is 0 Å². The molecule has 0 amide bonds. The highest BCUT2D eigenvalue weighted by Crippen LogP contribution is 2.31. The molecule has 0 aliphatic carbocycles. The number of nitrogens with zero attached hydrogens (tertiary/aromatic N) is 1. The molecule has 1 aromatic heterocycles. The highest BCUT2D eigenvalue weighted by atomic mass is 15.0. The van der Waals surface area contributed by atoms with Crippen molar-refractivity contribution in [3.63, 3.8) is 0 Å². The number of benzene rings is 3. The first-order valence-electron chi connectivity index (χ1n) is 8.57. The van der Waals surface area contributed by atoms with Gasteiger partial charge in [-0.05, 0) is 49.2 Å². The number of hydrogen-bond acceptors (Lipinski definition) is 1. The Labute approximate surface area is 142 Å². The summed E-state index contributed by atoms with van der Waals surface area (Å²) >= 11 is 0. The summed E-state index contributed by atoms with van der Waals surface area (Å²) in [6.45, 7) is 6.20. The minimum atomic E-state index is 0.852. The summed E-state index contributed by atoms with van der Waals surface area (Å²) in [6.07, 6.45) is 0. The van der Waals surface area contributed by atoms with Gasteiger partial charge < -0.3 is 9.88 Å². The van der Waals surface area contributed by atoms with E-state index in [1.807, 2.05) is 0 Å². The van der Waals surface area contributed by atoms with Crippen LogP contribution in [0.4, 0.5) is 5.69 Å². The number of aryl methyl sites for hydroxylation is 2. The van der Waals surface area contributed by atoms with Gasteiger partial charge in [-0.25, -0.2) is 0 Å². The molecule has 2 nitrogen and oxygen atoms in total. The Morgan fingerprint density at radius 1 is 0.833 bits per heavy atom. The second kappa shape index (κ2) is 6.04. The van der Waals surface area contributed by atoms with Crippen LogP contribution in [0.5, 0.6) is 0 Å². The maximum Gasteiger partial charge on any atom is 0.0492 e. The second-order valence-corrected chi connectivity index (χ2v) is 6.27. The van der Waals surface area contributed by atoms with Gasteiger partial charge in [0.2, 0.25) is 0 Å². The first-order chi connectivity index (χ1) is 11.8. The Kier molecular flexibility index (Phi) is 3.73. The number of hydrogen-bond donors (Lipinski definition) is 1. The Morgan fingerprint density at radius 3 is 2.42 bits per heavy atom. The lowest BCUT2D eigenvalue weighted by Crippen LogP contribution is -2.01. The maximum absolute atomic E-state index is 3.58. The molecule has 4 aromatic rings. The van der Waals surface area contributed by atoms with Crippen molar-refractivity contribution in [3.05, 3.63) is 77.9 Å². The summed E-state index contributed by atoms with van der Waals surface area (Å²) in [4.78, 5) is 0. The lowest BCUT2D eigenvalue weighted by Gasteiger charge is -2.09. The van der Waals surface area contributed by atoms with E-state index in [2.05, 4.69) is 90.5 Å². The number of nitrogens with one attached hydrogen (secondary N) is 1. The van der Waals surface area contributed by atoms with E-state index in [0.29, 0.717) is 0 Å². The quantitative estimate of drug-likeness (QED) is 0.508. The molecule has 3 aromatic carbocycles. The summed E-state index contributed by atoms with van der Waals surface area (Å²) in [6, 6.07) is 23.9. The van der Waals surface area contributed by atoms with Crippen molar-refractivity contribution in [2.75, 3.05) is 5.32 Å². The molecule has 1 heterocycles. The van der Waals surface area contributed by atoms with E-state index in [-0.39, 0.29) is 0 Å². The number of aromatic nitrogens is 1. The van der Waals surface area contributed by atoms with Crippen molar-refractivity contribution in [3.8, 4) is 0 Å². The van der Waals surface area contributed by atoms with Gasteiger partial charge in [-0.15, -0.1) is 0 Å². The van der Waals surface area contributed by atoms with Crippen LogP contribution in [0.3, 0.4) is 0 Å². The summed E-state index contributed by atoms with van der Waals surface area (Å²) in [5.41, 5.74) is 6.46. The molecule has 0 unspecified atom stereocenters. The number of fused-ring (bicyclic) bond motifs is 3. The van der Waals surface area contributed by atoms with Crippen LogP contribution in [0.1, 0.15) is 18.1 Å². The van der Waals surface area contributed by atoms with Crippen LogP contribution in [0.25, 0.3) is 21.8 Å². The topological polar surface area (TPSA) is 17.0 Å². The first-order valence-corrected chi connectivity index (χ1v) is 8.57. The minimum absolute atomic E-state index is 0.852. The smallest absolute Gasteiger partial charge is 0.0492 e. The molecular formula is C22H22N2. The van der Waals surface area contributed by atoms with Crippen molar-refractivity contribution in [1.29, 1.82) is 0 Å². The molecule has 2 heteroatoms. The van der Waals surface area contributed by atoms with Gasteiger partial charge in [-0.3, -0.25) is 0 Å². The maximum atomic E-state index is 3.58. The largest absolute Gasteiger partial charge is 0.381 e. The number of rotatable bonds is 4. The highest BCUT2D eigenvalue weighted by Gasteiger charge is 2.09. The predicted octanol–water partition coefficient (Wildman–Crippen LogP) is 5.73. The Hall–Kier alpha value is -2.74. The van der Waals surface area contributed by atoms with Gasteiger partial charge >= 0.3 is 0 Å². The van der Waals surface area contributed by atoms with Gasteiger partial charge in [0.15, 0.2) is 0 Å². The van der Waals surface area contributed by atoms with Crippen LogP contribution in [0.15, 0.2) is 66.7 Å². The van der Waals surface area contributed by atoms with Crippen LogP contribution >= 0.6 is 0 Å². The van der Waals surface area contributed by atoms with Crippen LogP contribution in [0, 0.1) is 6.92 Å². The zero-order chi connectivity index (χ0) is 16.5. The molecule has 0 aliphatic heterocycles. The van der Waals surface area contributed by atoms with E-state index in [0.717, 1.165) is 13.1 Å². The van der Waals surface area contributed by atoms with E-state index < -0.39 is 0 Å². The van der Waals surface area contributed by atoms with E-state index in [1.165, 1.54) is 38.6 Å². The summed E-state index contributed by atoms with van der Waals surface area (Å²) in [5, 5.41) is 6.23. The zero-order valence-corrected chi connectivity index (χ0v) is 14.2. The molecule has 1 N–H and O–H groups in total. The highest BCUT2D eigenvalue weighted by molar-refractivity contribution is 6.09. The Bertz CT molecular complexity index is 1010. The average molecular weight is 314 g/mol. The monoisotopic (exact) mass is 314 g/mol. The first kappa shape index (κ1) is 14.8. The standard InChI is InChI=1S/C22H22N2/c1-3-24-21-11-7-6-10-19(21)20-14-18(12-13-22(20)24)23-15-17-9-5-4-8-16(17)2/h4-14,23H,3,15H2,1-2H3. The number of para-hydroxylation sites is 1. The van der Waals surface area contributed by atoms with Crippen LogP contribution in [0.2, 0.25) is 0 Å². The molecule has 0 saturated carbocycles. The minimum Gasteiger partial charge on any atom is -0.381 e. The third-order valence-electron chi connectivity index (χ3n) is 4.83. The molecule has 0 fully saturated rings. The summed E-state index contributed by atoms with van der Waals surface area (Å²) < 4.78 is 2.38. The lowest BCUT2D eigenvalue weighted by molar-refractivity contribution is 0.827. The zero-order valence-electron chi connectivity index (χ0n) is 14.2. The van der Waals surface area contributed by atoms with Gasteiger partial charge in [-0.2, -0.15) is 0 Å². The van der Waals surface area contributed by atoms with Crippen LogP contribution < -0.4 is 5.32 Å². The van der Waals surface area contributed by atoms with Gasteiger partial charge in [0, 0.05) is 40.6 Å². The molecule has 4 rings (SSSR count). The van der Waals surface area contributed by atoms with Gasteiger partial charge in [-0.1, -0.05) is 42.5 Å². The molecule has 0 radical (unpaired) electrons. The third kappa shape index (κ3) is 2.44. The van der Waals surface area contributed by atoms with Crippen molar-refractivity contribution >= 4 is 27.5 Å². The summed E-state index contributed by atoms with van der Waals surface area (Å²) in [5.74, 6) is 0. The van der Waals surface area contributed by atoms with Crippen LogP contribution in [-0.4, -0.2) is 4.57 Å². The molecule has 0 atom stereocenters. The lowest BCUT2D eigenvalue weighted by atomic mass is 10.1. The van der Waals surface area contributed by atoms with E-state index in [1.54, 1.807) is 0 Å². The fraction of sp³-hybridized carbons (Fsp3) is 0.182. The van der Waals surface area contributed by atoms with E-state index in [4.69, 9.17) is 0 Å². The molecular weight excluding hydrogens is 292 g/mol. The van der Waals surface area contributed by atoms with Gasteiger partial charge in [0.1, 0.15) is 0 Å². The van der Waals surface area contributed by atoms with Crippen LogP contribution in [-0.2, 0) is 13.1 Å². The summed E-state index contributed by atoms with van der Waals surface area (Å²) in [7, 11) is 0. The third-order valence-corrected chi connectivity index (χ3v) is 4.83. The molecule has 0 bridgehead atoms. The molecule has 0 saturated heterocycles. The average Bonchev–Trinajstić information content (AvgIpc) is 2.94. The molecule has 0 spiro atoms. The van der Waals surface area contributed by atoms with Crippen molar-refractivity contribution in [1.82, 2.24) is 4.57 Å². The fourth-order valence-electron chi connectivity index (χ4n) is 3.51. The van der Waals surface area contributed by atoms with E-state index in [9.17, 15) is 0 Å². The normalized spacial score (nSPS) is 11.2. The van der Waals surface area contributed by atoms with Gasteiger partial charge in [0.05, 0.1) is 0 Å². The fourth-order valence-corrected chi connectivity index (χ4v) is 3.51. The number of anilines is 1. The van der Waals surface area contributed by atoms with Crippen molar-refractivity contribution in [2.45, 2.75) is 26.9 Å². The second-order valence-electron chi connectivity index (χ2n) is 6.27. The molecule has 0 aliphatic rings. The van der Waals surface area contributed by atoms with Crippen molar-refractivity contribution < 1.29 is 0 Å². The van der Waals surface area contributed by atoms with E-state index >= 15 is 0 Å². The Morgan fingerprint density at radius 2 is 1.58 bits per heavy atom. The SMILES string of the molecule is CCn1c2ccccc2c2cc(NCc3ccccc3C)ccc21. The molecule has 24 heavy (non-hydrogen) atoms.